The second kappa shape index (κ2) is 5.39. The topological polar surface area (TPSA) is 55.2 Å². The third-order valence-corrected chi connectivity index (χ3v) is 5.04. The number of nitrogens with one attached hydrogen (secondary N) is 1. The molecule has 0 amide bonds. The van der Waals surface area contributed by atoms with Crippen molar-refractivity contribution in [1.82, 2.24) is 0 Å². The van der Waals surface area contributed by atoms with E-state index in [-0.39, 0.29) is 22.6 Å². The summed E-state index contributed by atoms with van der Waals surface area (Å²) in [5, 5.41) is 15.3. The van der Waals surface area contributed by atoms with Crippen LogP contribution in [0.4, 0.5) is 11.4 Å². The first-order valence-electron chi connectivity index (χ1n) is 7.60. The standard InChI is InChI=1S/C18H15ClN2O2/c19-12-6-4-11(5-7-12)18-15-3-1-2-14(15)16-10-13(21(22)23)8-9-17(16)20-18/h1-2,4-10,14-15,18,20H,3H2. The molecule has 116 valence electrons. The van der Waals surface area contributed by atoms with Crippen molar-refractivity contribution in [1.29, 1.82) is 0 Å². The number of hydrogen-bond donors (Lipinski definition) is 1. The fourth-order valence-corrected chi connectivity index (χ4v) is 3.82. The van der Waals surface area contributed by atoms with E-state index in [0.29, 0.717) is 5.92 Å². The van der Waals surface area contributed by atoms with Crippen LogP contribution < -0.4 is 5.32 Å². The number of fused-ring (bicyclic) bond motifs is 3. The molecule has 5 heteroatoms. The van der Waals surface area contributed by atoms with Gasteiger partial charge in [-0.25, -0.2) is 0 Å². The van der Waals surface area contributed by atoms with E-state index in [1.54, 1.807) is 12.1 Å². The van der Waals surface area contributed by atoms with Gasteiger partial charge in [0.25, 0.3) is 5.69 Å². The molecule has 0 spiro atoms. The van der Waals surface area contributed by atoms with Crippen LogP contribution in [-0.2, 0) is 0 Å². The molecule has 0 bridgehead atoms. The number of nitro groups is 1. The Bertz CT molecular complexity index is 801. The normalized spacial score (nSPS) is 24.7. The quantitative estimate of drug-likeness (QED) is 0.476. The summed E-state index contributed by atoms with van der Waals surface area (Å²) in [5.41, 5.74) is 3.33. The van der Waals surface area contributed by atoms with Gasteiger partial charge in [0.15, 0.2) is 0 Å². The van der Waals surface area contributed by atoms with Gasteiger partial charge in [0.2, 0.25) is 0 Å². The van der Waals surface area contributed by atoms with Crippen LogP contribution in [-0.4, -0.2) is 4.92 Å². The van der Waals surface area contributed by atoms with Crippen LogP contribution in [0.25, 0.3) is 0 Å². The van der Waals surface area contributed by atoms with E-state index in [4.69, 9.17) is 11.6 Å². The second-order valence-corrected chi connectivity index (χ2v) is 6.49. The Labute approximate surface area is 138 Å². The van der Waals surface area contributed by atoms with Crippen molar-refractivity contribution in [3.05, 3.63) is 80.9 Å². The average molecular weight is 327 g/mol. The summed E-state index contributed by atoms with van der Waals surface area (Å²) < 4.78 is 0. The molecule has 23 heavy (non-hydrogen) atoms. The van der Waals surface area contributed by atoms with Gasteiger partial charge in [0, 0.05) is 28.8 Å². The van der Waals surface area contributed by atoms with Crippen molar-refractivity contribution in [2.45, 2.75) is 18.4 Å². The van der Waals surface area contributed by atoms with Gasteiger partial charge in [0.05, 0.1) is 11.0 Å². The lowest BCUT2D eigenvalue weighted by atomic mass is 9.77. The monoisotopic (exact) mass is 326 g/mol. The molecule has 0 radical (unpaired) electrons. The van der Waals surface area contributed by atoms with Crippen LogP contribution in [0.3, 0.4) is 0 Å². The highest BCUT2D eigenvalue weighted by Gasteiger charge is 2.38. The van der Waals surface area contributed by atoms with Crippen molar-refractivity contribution < 1.29 is 4.92 Å². The number of allylic oxidation sites excluding steroid dienone is 2. The number of halogens is 1. The first kappa shape index (κ1) is 14.3. The molecule has 4 nitrogen and oxygen atoms in total. The number of hydrogen-bond acceptors (Lipinski definition) is 3. The van der Waals surface area contributed by atoms with Crippen molar-refractivity contribution in [2.75, 3.05) is 5.32 Å². The fourth-order valence-electron chi connectivity index (χ4n) is 3.70. The third kappa shape index (κ3) is 2.39. The van der Waals surface area contributed by atoms with E-state index in [1.807, 2.05) is 30.3 Å². The molecule has 2 aromatic carbocycles. The van der Waals surface area contributed by atoms with Crippen LogP contribution in [0.15, 0.2) is 54.6 Å². The highest BCUT2D eigenvalue weighted by atomic mass is 35.5. The number of benzene rings is 2. The lowest BCUT2D eigenvalue weighted by Gasteiger charge is -2.37. The number of rotatable bonds is 2. The zero-order chi connectivity index (χ0) is 16.0. The van der Waals surface area contributed by atoms with Gasteiger partial charge in [-0.15, -0.1) is 0 Å². The van der Waals surface area contributed by atoms with Crippen LogP contribution in [0, 0.1) is 16.0 Å². The first-order chi connectivity index (χ1) is 11.1. The number of nitrogens with zero attached hydrogens (tertiary/aromatic N) is 1. The largest absolute Gasteiger partial charge is 0.378 e. The molecule has 1 N–H and O–H groups in total. The van der Waals surface area contributed by atoms with Crippen molar-refractivity contribution in [3.63, 3.8) is 0 Å². The zero-order valence-corrected chi connectivity index (χ0v) is 13.0. The van der Waals surface area contributed by atoms with Gasteiger partial charge in [-0.3, -0.25) is 10.1 Å². The maximum absolute atomic E-state index is 11.1. The Kier molecular flexibility index (Phi) is 3.34. The molecule has 1 aliphatic heterocycles. The lowest BCUT2D eigenvalue weighted by molar-refractivity contribution is -0.384. The highest BCUT2D eigenvalue weighted by molar-refractivity contribution is 6.30. The summed E-state index contributed by atoms with van der Waals surface area (Å²) in [5.74, 6) is 0.581. The predicted molar refractivity (Wildman–Crippen MR) is 90.9 cm³/mol. The molecule has 1 heterocycles. The zero-order valence-electron chi connectivity index (χ0n) is 12.3. The maximum Gasteiger partial charge on any atom is 0.269 e. The molecule has 0 saturated carbocycles. The summed E-state index contributed by atoms with van der Waals surface area (Å²) in [6.45, 7) is 0. The summed E-state index contributed by atoms with van der Waals surface area (Å²) in [6.07, 6.45) is 5.32. The minimum absolute atomic E-state index is 0.148. The molecule has 2 aromatic rings. The van der Waals surface area contributed by atoms with Crippen LogP contribution in [0.5, 0.6) is 0 Å². The van der Waals surface area contributed by atoms with Gasteiger partial charge < -0.3 is 5.32 Å². The van der Waals surface area contributed by atoms with E-state index >= 15 is 0 Å². The fraction of sp³-hybridized carbons (Fsp3) is 0.222. The van der Waals surface area contributed by atoms with Gasteiger partial charge in [-0.05, 0) is 41.7 Å². The van der Waals surface area contributed by atoms with Gasteiger partial charge >= 0.3 is 0 Å². The van der Waals surface area contributed by atoms with E-state index in [9.17, 15) is 10.1 Å². The van der Waals surface area contributed by atoms with Crippen LogP contribution >= 0.6 is 11.6 Å². The Morgan fingerprint density at radius 2 is 1.96 bits per heavy atom. The highest BCUT2D eigenvalue weighted by Crippen LogP contribution is 2.50. The smallest absolute Gasteiger partial charge is 0.269 e. The van der Waals surface area contributed by atoms with E-state index in [2.05, 4.69) is 17.5 Å². The molecule has 4 rings (SSSR count). The summed E-state index contributed by atoms with van der Waals surface area (Å²) in [7, 11) is 0. The van der Waals surface area contributed by atoms with E-state index in [1.165, 1.54) is 5.56 Å². The Morgan fingerprint density at radius 3 is 2.70 bits per heavy atom. The van der Waals surface area contributed by atoms with E-state index < -0.39 is 0 Å². The van der Waals surface area contributed by atoms with E-state index in [0.717, 1.165) is 22.7 Å². The molecule has 2 aliphatic rings. The average Bonchev–Trinajstić information content (AvgIpc) is 3.04. The van der Waals surface area contributed by atoms with Crippen LogP contribution in [0.1, 0.15) is 29.5 Å². The van der Waals surface area contributed by atoms with Gasteiger partial charge in [0.1, 0.15) is 0 Å². The van der Waals surface area contributed by atoms with Gasteiger partial charge in [-0.1, -0.05) is 35.9 Å². The van der Waals surface area contributed by atoms with Crippen molar-refractivity contribution in [3.8, 4) is 0 Å². The van der Waals surface area contributed by atoms with Gasteiger partial charge in [-0.2, -0.15) is 0 Å². The Hall–Kier alpha value is -2.33. The van der Waals surface area contributed by atoms with Crippen molar-refractivity contribution >= 4 is 23.0 Å². The van der Waals surface area contributed by atoms with Crippen LogP contribution in [0.2, 0.25) is 5.02 Å². The maximum atomic E-state index is 11.1. The molecule has 0 aromatic heterocycles. The molecule has 0 fully saturated rings. The number of nitro benzene ring substituents is 1. The molecule has 0 saturated heterocycles. The first-order valence-corrected chi connectivity index (χ1v) is 7.98. The second-order valence-electron chi connectivity index (χ2n) is 6.06. The minimum atomic E-state index is -0.334. The molecular weight excluding hydrogens is 312 g/mol. The number of non-ortho nitro benzene ring substituents is 1. The Balaban J connectivity index is 1.77. The molecule has 3 atom stereocenters. The summed E-state index contributed by atoms with van der Waals surface area (Å²) >= 11 is 5.99. The minimum Gasteiger partial charge on any atom is -0.378 e. The molecular formula is C18H15ClN2O2. The predicted octanol–water partition coefficient (Wildman–Crippen LogP) is 5.07. The summed E-state index contributed by atoms with van der Waals surface area (Å²) in [4.78, 5) is 10.7. The summed E-state index contributed by atoms with van der Waals surface area (Å²) in [6, 6.07) is 13.2. The lowest BCUT2D eigenvalue weighted by Crippen LogP contribution is -2.29. The molecule has 3 unspecified atom stereocenters. The van der Waals surface area contributed by atoms with Crippen molar-refractivity contribution in [2.24, 2.45) is 5.92 Å². The number of anilines is 1. The third-order valence-electron chi connectivity index (χ3n) is 4.79. The molecule has 1 aliphatic carbocycles. The SMILES string of the molecule is O=[N+]([O-])c1ccc2c(c1)C1C=CCC1C(c1ccc(Cl)cc1)N2. The Morgan fingerprint density at radius 1 is 1.17 bits per heavy atom.